The lowest BCUT2D eigenvalue weighted by atomic mass is 9.79. The Morgan fingerprint density at radius 1 is 1.06 bits per heavy atom. The fourth-order valence-electron chi connectivity index (χ4n) is 5.64. The number of carbonyl (C=O) groups is 1. The molecule has 8 heteroatoms. The Hall–Kier alpha value is -3.36. The molecule has 0 atom stereocenters. The number of fused-ring (bicyclic) bond motifs is 3. The monoisotopic (exact) mass is 492 g/mol. The number of esters is 1. The first kappa shape index (κ1) is 24.3. The summed E-state index contributed by atoms with van der Waals surface area (Å²) in [5.74, 6) is 0.785. The minimum Gasteiger partial charge on any atom is -0.478 e. The van der Waals surface area contributed by atoms with Gasteiger partial charge in [-0.25, -0.2) is 4.79 Å². The van der Waals surface area contributed by atoms with Gasteiger partial charge < -0.3 is 23.9 Å². The molecule has 1 fully saturated rings. The maximum atomic E-state index is 13.3. The molecule has 0 unspecified atom stereocenters. The molecule has 2 aliphatic heterocycles. The summed E-state index contributed by atoms with van der Waals surface area (Å²) in [6.07, 6.45) is 3.34. The van der Waals surface area contributed by atoms with E-state index in [4.69, 9.17) is 18.6 Å². The molecular formula is C28H32N2O6. The van der Waals surface area contributed by atoms with Gasteiger partial charge in [0.15, 0.2) is 0 Å². The molecule has 1 saturated heterocycles. The molecule has 3 aromatic rings. The van der Waals surface area contributed by atoms with Gasteiger partial charge in [0.1, 0.15) is 30.1 Å². The largest absolute Gasteiger partial charge is 0.478 e. The highest BCUT2D eigenvalue weighted by atomic mass is 16.5. The Morgan fingerprint density at radius 2 is 1.75 bits per heavy atom. The summed E-state index contributed by atoms with van der Waals surface area (Å²) in [7, 11) is 1.32. The number of methoxy groups -OCH3 is 1. The van der Waals surface area contributed by atoms with Crippen LogP contribution in [-0.4, -0.2) is 41.8 Å². The summed E-state index contributed by atoms with van der Waals surface area (Å²) < 4.78 is 22.6. The molecule has 5 rings (SSSR count). The van der Waals surface area contributed by atoms with E-state index in [1.165, 1.54) is 13.4 Å². The van der Waals surface area contributed by atoms with E-state index in [0.717, 1.165) is 24.2 Å². The fraction of sp³-hybridized carbons (Fsp3) is 0.429. The van der Waals surface area contributed by atoms with Crippen LogP contribution in [0, 0.1) is 0 Å². The molecule has 2 aliphatic rings. The minimum absolute atomic E-state index is 0.0132. The molecule has 3 heterocycles. The zero-order chi connectivity index (χ0) is 25.7. The molecule has 1 N–H and O–H groups in total. The average Bonchev–Trinajstić information content (AvgIpc) is 2.83. The second kappa shape index (κ2) is 8.94. The van der Waals surface area contributed by atoms with Gasteiger partial charge in [-0.15, -0.1) is 0 Å². The molecule has 8 nitrogen and oxygen atoms in total. The third-order valence-corrected chi connectivity index (χ3v) is 6.91. The van der Waals surface area contributed by atoms with Gasteiger partial charge in [0.05, 0.1) is 23.6 Å². The van der Waals surface area contributed by atoms with Crippen LogP contribution in [0.25, 0.3) is 11.0 Å². The zero-order valence-corrected chi connectivity index (χ0v) is 21.3. The first-order valence-corrected chi connectivity index (χ1v) is 12.2. The number of carbonyl (C=O) groups excluding carboxylic acids is 1. The SMILES string of the molecule is COC(=O)c1ccc(Oc2coc3c4c(ccc3c2=O)OCN(C2CC(C)(C)NC(C)(C)C2)C4)cc1. The van der Waals surface area contributed by atoms with Crippen LogP contribution in [0.5, 0.6) is 17.2 Å². The molecule has 0 bridgehead atoms. The Kier molecular flexibility index (Phi) is 6.04. The van der Waals surface area contributed by atoms with Crippen LogP contribution in [0.2, 0.25) is 0 Å². The number of piperidine rings is 1. The number of nitrogens with zero attached hydrogens (tertiary/aromatic N) is 1. The maximum absolute atomic E-state index is 13.3. The van der Waals surface area contributed by atoms with Gasteiger partial charge in [-0.05, 0) is 76.9 Å². The molecule has 0 radical (unpaired) electrons. The third kappa shape index (κ3) is 4.70. The molecule has 0 aliphatic carbocycles. The smallest absolute Gasteiger partial charge is 0.337 e. The Morgan fingerprint density at radius 3 is 2.42 bits per heavy atom. The van der Waals surface area contributed by atoms with Gasteiger partial charge in [-0.1, -0.05) is 0 Å². The summed E-state index contributed by atoms with van der Waals surface area (Å²) >= 11 is 0. The second-order valence-electron chi connectivity index (χ2n) is 10.9. The first-order valence-electron chi connectivity index (χ1n) is 12.2. The van der Waals surface area contributed by atoms with E-state index in [0.29, 0.717) is 41.6 Å². The van der Waals surface area contributed by atoms with Crippen molar-refractivity contribution in [2.24, 2.45) is 0 Å². The van der Waals surface area contributed by atoms with Crippen molar-refractivity contribution in [3.63, 3.8) is 0 Å². The van der Waals surface area contributed by atoms with E-state index in [9.17, 15) is 9.59 Å². The third-order valence-electron chi connectivity index (χ3n) is 6.91. The molecule has 2 aromatic carbocycles. The molecule has 0 spiro atoms. The summed E-state index contributed by atoms with van der Waals surface area (Å²) in [4.78, 5) is 27.2. The molecular weight excluding hydrogens is 460 g/mol. The topological polar surface area (TPSA) is 90.2 Å². The number of ether oxygens (including phenoxy) is 3. The number of hydrogen-bond donors (Lipinski definition) is 1. The van der Waals surface area contributed by atoms with Crippen LogP contribution >= 0.6 is 0 Å². The molecule has 1 aromatic heterocycles. The normalized spacial score (nSPS) is 19.4. The highest BCUT2D eigenvalue weighted by Crippen LogP contribution is 2.37. The molecule has 0 saturated carbocycles. The van der Waals surface area contributed by atoms with E-state index >= 15 is 0 Å². The van der Waals surface area contributed by atoms with Crippen molar-refractivity contribution in [3.05, 3.63) is 64.0 Å². The predicted molar refractivity (Wildman–Crippen MR) is 136 cm³/mol. The van der Waals surface area contributed by atoms with Crippen molar-refractivity contribution in [1.29, 1.82) is 0 Å². The van der Waals surface area contributed by atoms with Crippen LogP contribution in [0.1, 0.15) is 56.5 Å². The van der Waals surface area contributed by atoms with Crippen LogP contribution in [0.3, 0.4) is 0 Å². The van der Waals surface area contributed by atoms with Gasteiger partial charge in [-0.2, -0.15) is 0 Å². The van der Waals surface area contributed by atoms with E-state index in [1.54, 1.807) is 30.3 Å². The number of rotatable bonds is 4. The second-order valence-corrected chi connectivity index (χ2v) is 10.9. The van der Waals surface area contributed by atoms with E-state index in [2.05, 4.69) is 37.9 Å². The quantitative estimate of drug-likeness (QED) is 0.518. The first-order chi connectivity index (χ1) is 17.0. The van der Waals surface area contributed by atoms with Crippen molar-refractivity contribution < 1.29 is 23.4 Å². The summed E-state index contributed by atoms with van der Waals surface area (Å²) in [5.41, 5.74) is 1.55. The lowest BCUT2D eigenvalue weighted by molar-refractivity contribution is 0.00317. The van der Waals surface area contributed by atoms with E-state index < -0.39 is 5.97 Å². The summed E-state index contributed by atoms with van der Waals surface area (Å²) in [6, 6.07) is 10.3. The van der Waals surface area contributed by atoms with Gasteiger partial charge in [0, 0.05) is 23.7 Å². The van der Waals surface area contributed by atoms with Crippen LogP contribution in [0.15, 0.2) is 51.9 Å². The van der Waals surface area contributed by atoms with Crippen molar-refractivity contribution in [3.8, 4) is 17.2 Å². The summed E-state index contributed by atoms with van der Waals surface area (Å²) in [5, 5.41) is 4.17. The standard InChI is InChI=1S/C28H32N2O6/c1-27(2)12-18(13-28(3,4)29-27)30-14-21-22(35-16-30)11-10-20-24(31)23(15-34-25(20)21)36-19-8-6-17(7-9-19)26(32)33-5/h6-11,15,18,29H,12-14,16H2,1-5H3. The van der Waals surface area contributed by atoms with Gasteiger partial charge in [-0.3, -0.25) is 9.69 Å². The van der Waals surface area contributed by atoms with Gasteiger partial charge >= 0.3 is 5.97 Å². The van der Waals surface area contributed by atoms with Crippen molar-refractivity contribution in [2.45, 2.75) is 64.2 Å². The average molecular weight is 493 g/mol. The number of hydrogen-bond acceptors (Lipinski definition) is 8. The molecule has 0 amide bonds. The van der Waals surface area contributed by atoms with Crippen LogP contribution in [0.4, 0.5) is 0 Å². The van der Waals surface area contributed by atoms with Crippen LogP contribution < -0.4 is 20.2 Å². The highest BCUT2D eigenvalue weighted by molar-refractivity contribution is 5.89. The predicted octanol–water partition coefficient (Wildman–Crippen LogP) is 4.83. The Bertz CT molecular complexity index is 1340. The van der Waals surface area contributed by atoms with E-state index in [1.807, 2.05) is 6.07 Å². The molecule has 36 heavy (non-hydrogen) atoms. The maximum Gasteiger partial charge on any atom is 0.337 e. The van der Waals surface area contributed by atoms with Gasteiger partial charge in [0.2, 0.25) is 11.2 Å². The Balaban J connectivity index is 1.42. The highest BCUT2D eigenvalue weighted by Gasteiger charge is 2.41. The van der Waals surface area contributed by atoms with Crippen LogP contribution in [-0.2, 0) is 11.3 Å². The van der Waals surface area contributed by atoms with Gasteiger partial charge in [0.25, 0.3) is 0 Å². The minimum atomic E-state index is -0.440. The van der Waals surface area contributed by atoms with E-state index in [-0.39, 0.29) is 22.3 Å². The molecule has 190 valence electrons. The number of nitrogens with one attached hydrogen (secondary N) is 1. The zero-order valence-electron chi connectivity index (χ0n) is 21.3. The van der Waals surface area contributed by atoms with Crippen molar-refractivity contribution in [2.75, 3.05) is 13.8 Å². The van der Waals surface area contributed by atoms with Crippen molar-refractivity contribution >= 4 is 16.9 Å². The fourth-order valence-corrected chi connectivity index (χ4v) is 5.64. The lowest BCUT2D eigenvalue weighted by Crippen LogP contribution is -2.62. The summed E-state index contributed by atoms with van der Waals surface area (Å²) in [6.45, 7) is 10.1. The lowest BCUT2D eigenvalue weighted by Gasteiger charge is -2.50. The Labute approximate surface area is 210 Å². The van der Waals surface area contributed by atoms with Crippen molar-refractivity contribution in [1.82, 2.24) is 10.2 Å². The number of benzene rings is 2.